The first-order valence-corrected chi connectivity index (χ1v) is 8.07. The fourth-order valence-corrected chi connectivity index (χ4v) is 3.50. The molecule has 3 heterocycles. The van der Waals surface area contributed by atoms with E-state index in [9.17, 15) is 4.79 Å². The minimum atomic E-state index is -0.0496. The van der Waals surface area contributed by atoms with E-state index in [1.165, 1.54) is 0 Å². The van der Waals surface area contributed by atoms with Gasteiger partial charge in [0.15, 0.2) is 5.82 Å². The van der Waals surface area contributed by atoms with E-state index in [0.29, 0.717) is 18.3 Å². The van der Waals surface area contributed by atoms with Crippen molar-refractivity contribution in [3.8, 4) is 5.00 Å². The molecule has 1 amide bonds. The lowest BCUT2D eigenvalue weighted by Crippen LogP contribution is -2.27. The third-order valence-corrected chi connectivity index (χ3v) is 4.93. The number of aromatic nitrogens is 3. The molecule has 0 aliphatic carbocycles. The number of carbonyl (C=O) groups is 1. The van der Waals surface area contributed by atoms with Crippen molar-refractivity contribution >= 4 is 17.2 Å². The molecule has 0 radical (unpaired) electrons. The fourth-order valence-electron chi connectivity index (χ4n) is 2.38. The predicted octanol–water partition coefficient (Wildman–Crippen LogP) is 3.12. The smallest absolute Gasteiger partial charge is 0.257 e. The first kappa shape index (κ1) is 15.5. The molecule has 0 aliphatic heterocycles. The minimum Gasteiger partial charge on any atom is -0.337 e. The second-order valence-corrected chi connectivity index (χ2v) is 6.65. The summed E-state index contributed by atoms with van der Waals surface area (Å²) in [7, 11) is 1.74. The maximum Gasteiger partial charge on any atom is 0.257 e. The molecular formula is C16H18N4O2S. The lowest BCUT2D eigenvalue weighted by atomic mass is 10.1. The normalized spacial score (nSPS) is 11.0. The summed E-state index contributed by atoms with van der Waals surface area (Å²) in [6.45, 7) is 6.06. The number of thiophene rings is 1. The first-order valence-electron chi connectivity index (χ1n) is 7.25. The number of amides is 1. The maximum atomic E-state index is 12.9. The molecule has 0 aliphatic rings. The van der Waals surface area contributed by atoms with Crippen LogP contribution >= 0.6 is 11.3 Å². The molecule has 6 nitrogen and oxygen atoms in total. The maximum absolute atomic E-state index is 12.9. The van der Waals surface area contributed by atoms with Gasteiger partial charge in [0, 0.05) is 24.3 Å². The van der Waals surface area contributed by atoms with Gasteiger partial charge in [0.25, 0.3) is 5.91 Å². The van der Waals surface area contributed by atoms with E-state index in [4.69, 9.17) is 4.52 Å². The SMILES string of the molecule is Cc1noc(CN(C)C(=O)c2c(-n3cccc3)sc(C)c2C)n1. The number of nitrogens with zero attached hydrogens (tertiary/aromatic N) is 4. The van der Waals surface area contributed by atoms with Crippen molar-refractivity contribution in [1.29, 1.82) is 0 Å². The van der Waals surface area contributed by atoms with E-state index >= 15 is 0 Å². The molecule has 0 bridgehead atoms. The lowest BCUT2D eigenvalue weighted by molar-refractivity contribution is 0.0769. The second kappa shape index (κ2) is 6.00. The third-order valence-electron chi connectivity index (χ3n) is 3.71. The van der Waals surface area contributed by atoms with Crippen LogP contribution in [-0.4, -0.2) is 32.6 Å². The van der Waals surface area contributed by atoms with Crippen LogP contribution in [0.5, 0.6) is 0 Å². The number of hydrogen-bond donors (Lipinski definition) is 0. The van der Waals surface area contributed by atoms with Crippen molar-refractivity contribution in [2.24, 2.45) is 0 Å². The summed E-state index contributed by atoms with van der Waals surface area (Å²) in [5, 5.41) is 4.69. The van der Waals surface area contributed by atoms with Gasteiger partial charge >= 0.3 is 0 Å². The number of hydrogen-bond acceptors (Lipinski definition) is 5. The predicted molar refractivity (Wildman–Crippen MR) is 88.0 cm³/mol. The van der Waals surface area contributed by atoms with E-state index in [1.807, 2.05) is 42.9 Å². The zero-order valence-electron chi connectivity index (χ0n) is 13.5. The molecule has 0 aromatic carbocycles. The second-order valence-electron chi connectivity index (χ2n) is 5.45. The Balaban J connectivity index is 1.92. The van der Waals surface area contributed by atoms with Crippen LogP contribution in [0.1, 0.15) is 32.5 Å². The molecule has 0 saturated carbocycles. The highest BCUT2D eigenvalue weighted by Gasteiger charge is 2.24. The fraction of sp³-hybridized carbons (Fsp3) is 0.312. The molecule has 7 heteroatoms. The minimum absolute atomic E-state index is 0.0496. The van der Waals surface area contributed by atoms with Crippen molar-refractivity contribution in [3.63, 3.8) is 0 Å². The highest BCUT2D eigenvalue weighted by molar-refractivity contribution is 7.15. The number of carbonyl (C=O) groups excluding carboxylic acids is 1. The standard InChI is InChI=1S/C16H18N4O2S/c1-10-11(2)23-16(20-7-5-6-8-20)14(10)15(21)19(4)9-13-17-12(3)18-22-13/h5-8H,9H2,1-4H3. The Kier molecular flexibility index (Phi) is 4.04. The Hall–Kier alpha value is -2.41. The summed E-state index contributed by atoms with van der Waals surface area (Å²) in [4.78, 5) is 19.8. The van der Waals surface area contributed by atoms with E-state index < -0.39 is 0 Å². The van der Waals surface area contributed by atoms with Gasteiger partial charge in [-0.1, -0.05) is 5.16 Å². The molecule has 23 heavy (non-hydrogen) atoms. The van der Waals surface area contributed by atoms with Gasteiger partial charge in [-0.15, -0.1) is 11.3 Å². The van der Waals surface area contributed by atoms with Crippen LogP contribution in [0.4, 0.5) is 0 Å². The van der Waals surface area contributed by atoms with Crippen molar-refractivity contribution in [2.45, 2.75) is 27.3 Å². The van der Waals surface area contributed by atoms with Gasteiger partial charge < -0.3 is 14.0 Å². The van der Waals surface area contributed by atoms with Crippen LogP contribution in [0.15, 0.2) is 29.0 Å². The van der Waals surface area contributed by atoms with Crippen LogP contribution in [0.2, 0.25) is 0 Å². The van der Waals surface area contributed by atoms with E-state index in [1.54, 1.807) is 30.2 Å². The largest absolute Gasteiger partial charge is 0.337 e. The average Bonchev–Trinajstić information content (AvgIpc) is 3.22. The van der Waals surface area contributed by atoms with Crippen molar-refractivity contribution in [3.05, 3.63) is 52.2 Å². The van der Waals surface area contributed by atoms with Gasteiger partial charge in [-0.05, 0) is 38.5 Å². The highest BCUT2D eigenvalue weighted by atomic mass is 32.1. The van der Waals surface area contributed by atoms with Gasteiger partial charge in [0.1, 0.15) is 5.00 Å². The third kappa shape index (κ3) is 2.92. The molecule has 0 unspecified atom stereocenters. The zero-order valence-corrected chi connectivity index (χ0v) is 14.3. The number of rotatable bonds is 4. The van der Waals surface area contributed by atoms with Gasteiger partial charge in [-0.25, -0.2) is 0 Å². The van der Waals surface area contributed by atoms with Crippen LogP contribution in [0.3, 0.4) is 0 Å². The Morgan fingerprint density at radius 2 is 2.00 bits per heavy atom. The molecular weight excluding hydrogens is 312 g/mol. The van der Waals surface area contributed by atoms with Gasteiger partial charge in [0.05, 0.1) is 12.1 Å². The van der Waals surface area contributed by atoms with Crippen LogP contribution in [0, 0.1) is 20.8 Å². The molecule has 3 rings (SSSR count). The van der Waals surface area contributed by atoms with Gasteiger partial charge in [-0.3, -0.25) is 4.79 Å². The van der Waals surface area contributed by atoms with Crippen molar-refractivity contribution < 1.29 is 9.32 Å². The molecule has 3 aromatic heterocycles. The van der Waals surface area contributed by atoms with Crippen molar-refractivity contribution in [1.82, 2.24) is 19.6 Å². The highest BCUT2D eigenvalue weighted by Crippen LogP contribution is 2.32. The van der Waals surface area contributed by atoms with Crippen molar-refractivity contribution in [2.75, 3.05) is 7.05 Å². The Morgan fingerprint density at radius 3 is 2.61 bits per heavy atom. The van der Waals surface area contributed by atoms with E-state index in [-0.39, 0.29) is 5.91 Å². The average molecular weight is 330 g/mol. The molecule has 0 N–H and O–H groups in total. The molecule has 0 atom stereocenters. The van der Waals surface area contributed by atoms with Gasteiger partial charge in [0.2, 0.25) is 5.89 Å². The summed E-state index contributed by atoms with van der Waals surface area (Å²) in [5.74, 6) is 0.952. The summed E-state index contributed by atoms with van der Waals surface area (Å²) >= 11 is 1.62. The lowest BCUT2D eigenvalue weighted by Gasteiger charge is -2.16. The van der Waals surface area contributed by atoms with Crippen LogP contribution < -0.4 is 0 Å². The summed E-state index contributed by atoms with van der Waals surface area (Å²) in [6.07, 6.45) is 3.89. The first-order chi connectivity index (χ1) is 11.0. The summed E-state index contributed by atoms with van der Waals surface area (Å²) in [5.41, 5.74) is 1.74. The topological polar surface area (TPSA) is 64.2 Å². The van der Waals surface area contributed by atoms with Crippen LogP contribution in [0.25, 0.3) is 5.00 Å². The molecule has 0 saturated heterocycles. The zero-order chi connectivity index (χ0) is 16.6. The monoisotopic (exact) mass is 330 g/mol. The summed E-state index contributed by atoms with van der Waals surface area (Å²) < 4.78 is 7.08. The van der Waals surface area contributed by atoms with Gasteiger partial charge in [-0.2, -0.15) is 4.98 Å². The Bertz CT molecular complexity index is 833. The Morgan fingerprint density at radius 1 is 1.30 bits per heavy atom. The molecule has 3 aromatic rings. The number of aryl methyl sites for hydroxylation is 2. The Labute approximate surface area is 138 Å². The quantitative estimate of drug-likeness (QED) is 0.737. The molecule has 0 fully saturated rings. The van der Waals surface area contributed by atoms with E-state index in [2.05, 4.69) is 10.1 Å². The van der Waals surface area contributed by atoms with Crippen LogP contribution in [-0.2, 0) is 6.54 Å². The molecule has 0 spiro atoms. The van der Waals surface area contributed by atoms with E-state index in [0.717, 1.165) is 21.0 Å². The summed E-state index contributed by atoms with van der Waals surface area (Å²) in [6, 6.07) is 3.90. The molecule has 120 valence electrons.